The molecule has 0 aliphatic heterocycles. The van der Waals surface area contributed by atoms with Gasteiger partial charge in [-0.1, -0.05) is 29.4 Å². The number of imidazole rings is 1. The van der Waals surface area contributed by atoms with Crippen molar-refractivity contribution in [3.8, 4) is 5.75 Å². The van der Waals surface area contributed by atoms with Crippen molar-refractivity contribution >= 4 is 40.2 Å². The predicted molar refractivity (Wildman–Crippen MR) is 85.9 cm³/mol. The number of nitrogens with zero attached hydrogens (tertiary/aromatic N) is 4. The van der Waals surface area contributed by atoms with Gasteiger partial charge in [0, 0.05) is 11.8 Å². The molecule has 0 aliphatic carbocycles. The molecule has 0 fully saturated rings. The van der Waals surface area contributed by atoms with E-state index in [0.29, 0.717) is 22.1 Å². The van der Waals surface area contributed by atoms with Crippen molar-refractivity contribution in [2.75, 3.05) is 7.11 Å². The number of nitrogens with one attached hydrogen (secondary N) is 1. The highest BCUT2D eigenvalue weighted by Crippen LogP contribution is 2.30. The molecule has 0 unspecified atom stereocenters. The van der Waals surface area contributed by atoms with Crippen molar-refractivity contribution in [1.82, 2.24) is 19.9 Å². The van der Waals surface area contributed by atoms with Gasteiger partial charge in [0.15, 0.2) is 21.7 Å². The number of hydrogen-bond acceptors (Lipinski definition) is 7. The topological polar surface area (TPSA) is 107 Å². The molecule has 0 atom stereocenters. The van der Waals surface area contributed by atoms with Gasteiger partial charge in [-0.15, -0.1) is 0 Å². The van der Waals surface area contributed by atoms with Crippen LogP contribution in [-0.4, -0.2) is 32.0 Å². The van der Waals surface area contributed by atoms with E-state index >= 15 is 0 Å². The third-order valence-electron chi connectivity index (χ3n) is 3.02. The Morgan fingerprint density at radius 2 is 2.26 bits per heavy atom. The average Bonchev–Trinajstić information content (AvgIpc) is 3.01. The van der Waals surface area contributed by atoms with Gasteiger partial charge in [0.1, 0.15) is 5.52 Å². The number of aromatic amines is 1. The lowest BCUT2D eigenvalue weighted by Crippen LogP contribution is -1.95. The highest BCUT2D eigenvalue weighted by Gasteiger charge is 2.16. The van der Waals surface area contributed by atoms with Crippen LogP contribution in [0.15, 0.2) is 29.7 Å². The Balaban J connectivity index is 1.81. The van der Waals surface area contributed by atoms with Crippen LogP contribution in [0.5, 0.6) is 5.75 Å². The lowest BCUT2D eigenvalue weighted by molar-refractivity contribution is -0.385. The molecule has 3 aromatic rings. The summed E-state index contributed by atoms with van der Waals surface area (Å²) in [6, 6.07) is 4.80. The van der Waals surface area contributed by atoms with Gasteiger partial charge in [-0.3, -0.25) is 10.1 Å². The summed E-state index contributed by atoms with van der Waals surface area (Å²) in [7, 11) is 1.40. The standard InChI is InChI=1S/C13H10ClN5O3S/c1-22-9-3-2-7(4-8(9)19(20)21)5-23-13-17-11(14)10-12(18-13)16-6-15-10/h2-4,6H,5H2,1H3,(H,15,16,17,18). The van der Waals surface area contributed by atoms with E-state index in [-0.39, 0.29) is 16.6 Å². The van der Waals surface area contributed by atoms with Crippen molar-refractivity contribution in [1.29, 1.82) is 0 Å². The van der Waals surface area contributed by atoms with Gasteiger partial charge in [0.05, 0.1) is 18.4 Å². The zero-order valence-corrected chi connectivity index (χ0v) is 13.4. The number of rotatable bonds is 5. The molecule has 2 heterocycles. The number of aromatic nitrogens is 4. The van der Waals surface area contributed by atoms with Gasteiger partial charge >= 0.3 is 5.69 Å². The van der Waals surface area contributed by atoms with Gasteiger partial charge in [0.25, 0.3) is 0 Å². The maximum absolute atomic E-state index is 11.0. The third-order valence-corrected chi connectivity index (χ3v) is 4.21. The van der Waals surface area contributed by atoms with Gasteiger partial charge in [-0.05, 0) is 11.6 Å². The number of nitro benzene ring substituents is 1. The van der Waals surface area contributed by atoms with E-state index in [4.69, 9.17) is 16.3 Å². The van der Waals surface area contributed by atoms with Crippen molar-refractivity contribution in [2.45, 2.75) is 10.9 Å². The molecule has 2 aromatic heterocycles. The van der Waals surface area contributed by atoms with Crippen LogP contribution in [0.4, 0.5) is 5.69 Å². The summed E-state index contributed by atoms with van der Waals surface area (Å²) in [5.41, 5.74) is 1.74. The number of ether oxygens (including phenoxy) is 1. The van der Waals surface area contributed by atoms with Gasteiger partial charge < -0.3 is 9.72 Å². The molecule has 0 saturated heterocycles. The Hall–Kier alpha value is -2.39. The van der Waals surface area contributed by atoms with Gasteiger partial charge in [-0.2, -0.15) is 0 Å². The maximum Gasteiger partial charge on any atom is 0.311 e. The lowest BCUT2D eigenvalue weighted by Gasteiger charge is -2.05. The Labute approximate surface area is 139 Å². The summed E-state index contributed by atoms with van der Waals surface area (Å²) in [6.45, 7) is 0. The first-order valence-electron chi connectivity index (χ1n) is 6.39. The molecule has 8 nitrogen and oxygen atoms in total. The first kappa shape index (κ1) is 15.5. The van der Waals surface area contributed by atoms with Crippen LogP contribution in [0, 0.1) is 10.1 Å². The second-order valence-corrected chi connectivity index (χ2v) is 5.75. The summed E-state index contributed by atoms with van der Waals surface area (Å²) in [5.74, 6) is 0.683. The summed E-state index contributed by atoms with van der Waals surface area (Å²) < 4.78 is 4.98. The highest BCUT2D eigenvalue weighted by atomic mass is 35.5. The fraction of sp³-hybridized carbons (Fsp3) is 0.154. The van der Waals surface area contributed by atoms with E-state index in [2.05, 4.69) is 19.9 Å². The summed E-state index contributed by atoms with van der Waals surface area (Å²) in [6.07, 6.45) is 1.49. The molecule has 1 N–H and O–H groups in total. The number of halogens is 1. The second-order valence-electron chi connectivity index (χ2n) is 4.45. The average molecular weight is 352 g/mol. The Kier molecular flexibility index (Phi) is 4.30. The van der Waals surface area contributed by atoms with E-state index in [0.717, 1.165) is 5.56 Å². The van der Waals surface area contributed by atoms with E-state index < -0.39 is 4.92 Å². The fourth-order valence-electron chi connectivity index (χ4n) is 1.96. The maximum atomic E-state index is 11.0. The monoisotopic (exact) mass is 351 g/mol. The number of thioether (sulfide) groups is 1. The Morgan fingerprint density at radius 3 is 3.00 bits per heavy atom. The Bertz CT molecular complexity index is 885. The summed E-state index contributed by atoms with van der Waals surface area (Å²) >= 11 is 7.36. The fourth-order valence-corrected chi connectivity index (χ4v) is 3.02. The number of hydrogen-bond donors (Lipinski definition) is 1. The normalized spacial score (nSPS) is 10.9. The van der Waals surface area contributed by atoms with Gasteiger partial charge in [0.2, 0.25) is 0 Å². The quantitative estimate of drug-likeness (QED) is 0.247. The number of nitro groups is 1. The molecule has 0 bridgehead atoms. The van der Waals surface area contributed by atoms with Crippen LogP contribution in [-0.2, 0) is 5.75 Å². The summed E-state index contributed by atoms with van der Waals surface area (Å²) in [4.78, 5) is 25.9. The molecular formula is C13H10ClN5O3S. The second kappa shape index (κ2) is 6.39. The van der Waals surface area contributed by atoms with E-state index in [1.807, 2.05) is 0 Å². The third kappa shape index (κ3) is 3.20. The zero-order valence-electron chi connectivity index (χ0n) is 11.8. The number of fused-ring (bicyclic) bond motifs is 1. The molecule has 1 aromatic carbocycles. The number of benzene rings is 1. The van der Waals surface area contributed by atoms with E-state index in [9.17, 15) is 10.1 Å². The molecule has 118 valence electrons. The minimum atomic E-state index is -0.475. The van der Waals surface area contributed by atoms with Crippen molar-refractivity contribution in [2.24, 2.45) is 0 Å². The predicted octanol–water partition coefficient (Wildman–Crippen LogP) is 3.22. The SMILES string of the molecule is COc1ccc(CSc2nc(Cl)c3nc[nH]c3n2)cc1[N+](=O)[O-]. The van der Waals surface area contributed by atoms with Crippen LogP contribution < -0.4 is 4.74 Å². The first-order valence-corrected chi connectivity index (χ1v) is 7.75. The molecule has 0 amide bonds. The van der Waals surface area contributed by atoms with Crippen molar-refractivity contribution < 1.29 is 9.66 Å². The van der Waals surface area contributed by atoms with Crippen LogP contribution in [0.1, 0.15) is 5.56 Å². The minimum Gasteiger partial charge on any atom is -0.490 e. The van der Waals surface area contributed by atoms with Gasteiger partial charge in [-0.25, -0.2) is 15.0 Å². The van der Waals surface area contributed by atoms with Crippen LogP contribution >= 0.6 is 23.4 Å². The molecule has 23 heavy (non-hydrogen) atoms. The first-order chi connectivity index (χ1) is 11.1. The summed E-state index contributed by atoms with van der Waals surface area (Å²) in [5, 5.41) is 11.8. The van der Waals surface area contributed by atoms with E-state index in [1.54, 1.807) is 12.1 Å². The molecule has 3 rings (SSSR count). The van der Waals surface area contributed by atoms with E-state index in [1.165, 1.54) is 31.3 Å². The smallest absolute Gasteiger partial charge is 0.311 e. The molecule has 0 radical (unpaired) electrons. The molecule has 0 spiro atoms. The highest BCUT2D eigenvalue weighted by molar-refractivity contribution is 7.98. The zero-order chi connectivity index (χ0) is 16.4. The van der Waals surface area contributed by atoms with Crippen LogP contribution in [0.25, 0.3) is 11.2 Å². The lowest BCUT2D eigenvalue weighted by atomic mass is 10.2. The van der Waals surface area contributed by atoms with Crippen molar-refractivity contribution in [3.05, 3.63) is 45.4 Å². The largest absolute Gasteiger partial charge is 0.490 e. The molecule has 0 aliphatic rings. The van der Waals surface area contributed by atoms with Crippen LogP contribution in [0.3, 0.4) is 0 Å². The molecule has 10 heteroatoms. The molecular weight excluding hydrogens is 342 g/mol. The molecule has 0 saturated carbocycles. The minimum absolute atomic E-state index is 0.0754. The van der Waals surface area contributed by atoms with Crippen molar-refractivity contribution in [3.63, 3.8) is 0 Å². The Morgan fingerprint density at radius 1 is 1.43 bits per heavy atom. The number of methoxy groups -OCH3 is 1. The number of H-pyrrole nitrogens is 1. The van der Waals surface area contributed by atoms with Crippen LogP contribution in [0.2, 0.25) is 5.15 Å².